The zero-order chi connectivity index (χ0) is 18.4. The van der Waals surface area contributed by atoms with Crippen molar-refractivity contribution >= 4 is 40.8 Å². The fraction of sp³-hybridized carbons (Fsp3) is 0.550. The van der Waals surface area contributed by atoms with Crippen molar-refractivity contribution < 1.29 is 4.39 Å². The van der Waals surface area contributed by atoms with Crippen LogP contribution in [0.3, 0.4) is 0 Å². The minimum Gasteiger partial charge on any atom is -0.361 e. The van der Waals surface area contributed by atoms with Gasteiger partial charge in [0.05, 0.1) is 0 Å². The van der Waals surface area contributed by atoms with E-state index in [9.17, 15) is 4.39 Å². The van der Waals surface area contributed by atoms with Crippen molar-refractivity contribution in [3.63, 3.8) is 0 Å². The van der Waals surface area contributed by atoms with Gasteiger partial charge in [-0.1, -0.05) is 0 Å². The number of likely N-dealkylation sites (tertiary alicyclic amines) is 1. The minimum absolute atomic E-state index is 0. The third-order valence-electron chi connectivity index (χ3n) is 5.11. The molecule has 7 heteroatoms. The molecule has 150 valence electrons. The van der Waals surface area contributed by atoms with Crippen molar-refractivity contribution in [3.05, 3.63) is 35.8 Å². The quantitative estimate of drug-likeness (QED) is 0.333. The molecule has 3 N–H and O–H groups in total. The maximum Gasteiger partial charge on any atom is 0.191 e. The van der Waals surface area contributed by atoms with Crippen LogP contribution < -0.4 is 10.6 Å². The van der Waals surface area contributed by atoms with Crippen molar-refractivity contribution in [1.82, 2.24) is 20.5 Å². The Morgan fingerprint density at radius 2 is 2.07 bits per heavy atom. The van der Waals surface area contributed by atoms with Gasteiger partial charge in [0.25, 0.3) is 0 Å². The van der Waals surface area contributed by atoms with Gasteiger partial charge in [-0.25, -0.2) is 4.39 Å². The van der Waals surface area contributed by atoms with Crippen molar-refractivity contribution in [2.24, 2.45) is 10.9 Å². The van der Waals surface area contributed by atoms with Crippen LogP contribution in [0.5, 0.6) is 0 Å². The number of halogens is 2. The third-order valence-corrected chi connectivity index (χ3v) is 5.11. The Hall–Kier alpha value is -1.35. The molecule has 2 aromatic rings. The molecule has 0 bridgehead atoms. The highest BCUT2D eigenvalue weighted by molar-refractivity contribution is 14.0. The molecule has 27 heavy (non-hydrogen) atoms. The Morgan fingerprint density at radius 3 is 2.81 bits per heavy atom. The Kier molecular flexibility index (Phi) is 8.82. The Morgan fingerprint density at radius 1 is 1.30 bits per heavy atom. The van der Waals surface area contributed by atoms with Crippen LogP contribution in [0.25, 0.3) is 10.9 Å². The summed E-state index contributed by atoms with van der Waals surface area (Å²) in [5.74, 6) is 1.36. The second kappa shape index (κ2) is 10.8. The van der Waals surface area contributed by atoms with E-state index in [0.717, 1.165) is 48.5 Å². The first kappa shape index (κ1) is 21.9. The molecule has 0 atom stereocenters. The molecule has 1 saturated heterocycles. The molecule has 1 aromatic carbocycles. The number of nitrogens with zero attached hydrogens (tertiary/aromatic N) is 2. The van der Waals surface area contributed by atoms with Crippen LogP contribution in [0, 0.1) is 11.7 Å². The molecule has 1 aliphatic heterocycles. The minimum atomic E-state index is -0.195. The first-order valence-corrected chi connectivity index (χ1v) is 9.62. The largest absolute Gasteiger partial charge is 0.361 e. The third kappa shape index (κ3) is 6.34. The maximum absolute atomic E-state index is 13.5. The molecule has 1 aromatic heterocycles. The van der Waals surface area contributed by atoms with Gasteiger partial charge in [-0.15, -0.1) is 24.0 Å². The van der Waals surface area contributed by atoms with E-state index in [1.165, 1.54) is 32.0 Å². The zero-order valence-electron chi connectivity index (χ0n) is 16.2. The lowest BCUT2D eigenvalue weighted by atomic mass is 9.97. The number of hydrogen-bond donors (Lipinski definition) is 3. The SMILES string of the molecule is CCNC(=NCC1CCN(C)CC1)NCCc1c[nH]c2ccc(F)cc12.I. The van der Waals surface area contributed by atoms with Gasteiger partial charge in [0.15, 0.2) is 5.96 Å². The number of H-pyrrole nitrogens is 1. The average molecular weight is 487 g/mol. The Balaban J connectivity index is 0.00000261. The van der Waals surface area contributed by atoms with Crippen molar-refractivity contribution in [2.45, 2.75) is 26.2 Å². The number of aromatic amines is 1. The summed E-state index contributed by atoms with van der Waals surface area (Å²) in [5.41, 5.74) is 2.10. The van der Waals surface area contributed by atoms with Crippen LogP contribution in [-0.4, -0.2) is 55.6 Å². The maximum atomic E-state index is 13.5. The van der Waals surface area contributed by atoms with Crippen molar-refractivity contribution in [2.75, 3.05) is 39.8 Å². The molecule has 2 heterocycles. The van der Waals surface area contributed by atoms with Crippen LogP contribution in [0.1, 0.15) is 25.3 Å². The summed E-state index contributed by atoms with van der Waals surface area (Å²) in [4.78, 5) is 10.4. The van der Waals surface area contributed by atoms with Crippen LogP contribution in [-0.2, 0) is 6.42 Å². The average Bonchev–Trinajstić information content (AvgIpc) is 3.03. The number of nitrogens with one attached hydrogen (secondary N) is 3. The van der Waals surface area contributed by atoms with Crippen LogP contribution in [0.15, 0.2) is 29.4 Å². The second-order valence-electron chi connectivity index (χ2n) is 7.15. The normalized spacial score (nSPS) is 16.3. The lowest BCUT2D eigenvalue weighted by molar-refractivity contribution is 0.223. The highest BCUT2D eigenvalue weighted by Gasteiger charge is 2.16. The topological polar surface area (TPSA) is 55.5 Å². The van der Waals surface area contributed by atoms with Crippen LogP contribution in [0.2, 0.25) is 0 Å². The summed E-state index contributed by atoms with van der Waals surface area (Å²) in [5, 5.41) is 7.68. The van der Waals surface area contributed by atoms with Crippen LogP contribution in [0.4, 0.5) is 4.39 Å². The van der Waals surface area contributed by atoms with Gasteiger partial charge in [0, 0.05) is 36.7 Å². The highest BCUT2D eigenvalue weighted by atomic mass is 127. The van der Waals surface area contributed by atoms with E-state index in [4.69, 9.17) is 4.99 Å². The summed E-state index contributed by atoms with van der Waals surface area (Å²) in [6, 6.07) is 4.87. The predicted molar refractivity (Wildman–Crippen MR) is 122 cm³/mol. The fourth-order valence-corrected chi connectivity index (χ4v) is 3.48. The number of hydrogen-bond acceptors (Lipinski definition) is 2. The summed E-state index contributed by atoms with van der Waals surface area (Å²) < 4.78 is 13.5. The van der Waals surface area contributed by atoms with Gasteiger partial charge in [-0.2, -0.15) is 0 Å². The van der Waals surface area contributed by atoms with E-state index in [-0.39, 0.29) is 29.8 Å². The summed E-state index contributed by atoms with van der Waals surface area (Å²) in [6.07, 6.45) is 5.23. The molecular weight excluding hydrogens is 456 g/mol. The molecule has 0 unspecified atom stereocenters. The summed E-state index contributed by atoms with van der Waals surface area (Å²) >= 11 is 0. The smallest absolute Gasteiger partial charge is 0.191 e. The lowest BCUT2D eigenvalue weighted by Gasteiger charge is -2.28. The number of benzene rings is 1. The van der Waals surface area contributed by atoms with E-state index >= 15 is 0 Å². The second-order valence-corrected chi connectivity index (χ2v) is 7.15. The molecule has 0 aliphatic carbocycles. The Bertz CT molecular complexity index is 737. The van der Waals surface area contributed by atoms with Gasteiger partial charge in [0.2, 0.25) is 0 Å². The number of piperidine rings is 1. The zero-order valence-corrected chi connectivity index (χ0v) is 18.6. The monoisotopic (exact) mass is 487 g/mol. The summed E-state index contributed by atoms with van der Waals surface area (Å²) in [7, 11) is 2.18. The predicted octanol–water partition coefficient (Wildman–Crippen LogP) is 3.36. The van der Waals surface area contributed by atoms with Crippen molar-refractivity contribution in [1.29, 1.82) is 0 Å². The highest BCUT2D eigenvalue weighted by Crippen LogP contribution is 2.19. The lowest BCUT2D eigenvalue weighted by Crippen LogP contribution is -2.39. The van der Waals surface area contributed by atoms with Gasteiger partial charge in [-0.05, 0) is 76.0 Å². The van der Waals surface area contributed by atoms with E-state index < -0.39 is 0 Å². The molecule has 5 nitrogen and oxygen atoms in total. The van der Waals surface area contributed by atoms with E-state index in [2.05, 4.69) is 34.5 Å². The Labute approximate surface area is 178 Å². The van der Waals surface area contributed by atoms with E-state index in [1.807, 2.05) is 6.20 Å². The number of aliphatic imine (C=N–C) groups is 1. The molecule has 0 saturated carbocycles. The molecule has 1 fully saturated rings. The molecule has 1 aliphatic rings. The molecule has 0 amide bonds. The van der Waals surface area contributed by atoms with E-state index in [0.29, 0.717) is 5.92 Å². The van der Waals surface area contributed by atoms with Crippen LogP contribution >= 0.6 is 24.0 Å². The van der Waals surface area contributed by atoms with Gasteiger partial charge >= 0.3 is 0 Å². The first-order chi connectivity index (χ1) is 12.7. The van der Waals surface area contributed by atoms with Gasteiger partial charge in [0.1, 0.15) is 5.82 Å². The standard InChI is InChI=1S/C20H30FN5.HI/c1-3-22-20(25-13-15-7-10-26(2)11-8-15)23-9-6-16-14-24-19-5-4-17(21)12-18(16)19;/h4-5,12,14-15,24H,3,6-11,13H2,1-2H3,(H2,22,23,25);1H. The molecule has 0 spiro atoms. The summed E-state index contributed by atoms with van der Waals surface area (Å²) in [6.45, 7) is 6.90. The molecule has 0 radical (unpaired) electrons. The van der Waals surface area contributed by atoms with Gasteiger partial charge < -0.3 is 20.5 Å². The van der Waals surface area contributed by atoms with Crippen molar-refractivity contribution in [3.8, 4) is 0 Å². The number of aromatic nitrogens is 1. The van der Waals surface area contributed by atoms with Gasteiger partial charge in [-0.3, -0.25) is 4.99 Å². The van der Waals surface area contributed by atoms with E-state index in [1.54, 1.807) is 12.1 Å². The number of rotatable bonds is 6. The first-order valence-electron chi connectivity index (χ1n) is 9.62. The number of guanidine groups is 1. The number of fused-ring (bicyclic) bond motifs is 1. The molecule has 3 rings (SSSR count). The fourth-order valence-electron chi connectivity index (χ4n) is 3.48. The molecular formula is C20H31FIN5.